The van der Waals surface area contributed by atoms with Gasteiger partial charge in [-0.15, -0.1) is 0 Å². The summed E-state index contributed by atoms with van der Waals surface area (Å²) in [6.07, 6.45) is 5.57. The highest BCUT2D eigenvalue weighted by molar-refractivity contribution is 5.18. The molecular formula is C14H27N3. The van der Waals surface area contributed by atoms with Crippen molar-refractivity contribution in [2.75, 3.05) is 6.54 Å². The number of nitrogens with one attached hydrogen (secondary N) is 1. The number of rotatable bonds is 8. The molecular weight excluding hydrogens is 210 g/mol. The van der Waals surface area contributed by atoms with E-state index in [0.717, 1.165) is 32.0 Å². The van der Waals surface area contributed by atoms with Crippen molar-refractivity contribution in [3.63, 3.8) is 0 Å². The van der Waals surface area contributed by atoms with Crippen LogP contribution in [0, 0.1) is 5.92 Å². The zero-order valence-corrected chi connectivity index (χ0v) is 11.8. The lowest BCUT2D eigenvalue weighted by Crippen LogP contribution is -2.14. The van der Waals surface area contributed by atoms with Gasteiger partial charge < -0.3 is 5.32 Å². The fourth-order valence-electron chi connectivity index (χ4n) is 1.96. The Kier molecular flexibility index (Phi) is 6.27. The van der Waals surface area contributed by atoms with Crippen molar-refractivity contribution >= 4 is 0 Å². The van der Waals surface area contributed by atoms with E-state index >= 15 is 0 Å². The minimum absolute atomic E-state index is 0.742. The largest absolute Gasteiger partial charge is 0.313 e. The van der Waals surface area contributed by atoms with Gasteiger partial charge >= 0.3 is 0 Å². The summed E-state index contributed by atoms with van der Waals surface area (Å²) in [4.78, 5) is 0. The van der Waals surface area contributed by atoms with Crippen LogP contribution in [0.3, 0.4) is 0 Å². The minimum Gasteiger partial charge on any atom is -0.313 e. The molecule has 3 nitrogen and oxygen atoms in total. The van der Waals surface area contributed by atoms with E-state index in [9.17, 15) is 0 Å². The van der Waals surface area contributed by atoms with Crippen molar-refractivity contribution in [2.45, 2.75) is 60.0 Å². The maximum absolute atomic E-state index is 4.54. The molecule has 0 aliphatic rings. The van der Waals surface area contributed by atoms with Gasteiger partial charge in [0.2, 0.25) is 0 Å². The maximum atomic E-state index is 4.54. The topological polar surface area (TPSA) is 29.9 Å². The molecule has 0 aliphatic heterocycles. The lowest BCUT2D eigenvalue weighted by atomic mass is 10.1. The summed E-state index contributed by atoms with van der Waals surface area (Å²) < 4.78 is 2.20. The van der Waals surface area contributed by atoms with Crippen molar-refractivity contribution in [1.82, 2.24) is 15.1 Å². The van der Waals surface area contributed by atoms with E-state index in [1.54, 1.807) is 0 Å². The molecule has 1 aromatic rings. The molecule has 0 unspecified atom stereocenters. The predicted octanol–water partition coefficient (Wildman–Crippen LogP) is 2.99. The average Bonchev–Trinajstić information content (AvgIpc) is 2.67. The van der Waals surface area contributed by atoms with Gasteiger partial charge in [0, 0.05) is 24.3 Å². The summed E-state index contributed by atoms with van der Waals surface area (Å²) in [7, 11) is 0. The molecule has 1 aromatic heterocycles. The quantitative estimate of drug-likeness (QED) is 0.753. The fraction of sp³-hybridized carbons (Fsp3) is 0.786. The van der Waals surface area contributed by atoms with Crippen LogP contribution in [-0.4, -0.2) is 16.3 Å². The molecule has 1 heterocycles. The second kappa shape index (κ2) is 7.49. The van der Waals surface area contributed by atoms with Crippen LogP contribution in [0.15, 0.2) is 6.20 Å². The van der Waals surface area contributed by atoms with Gasteiger partial charge in [-0.3, -0.25) is 4.68 Å². The number of nitrogens with zero attached hydrogens (tertiary/aromatic N) is 2. The zero-order valence-electron chi connectivity index (χ0n) is 11.8. The van der Waals surface area contributed by atoms with Crippen LogP contribution in [0.2, 0.25) is 0 Å². The van der Waals surface area contributed by atoms with E-state index in [2.05, 4.69) is 42.8 Å². The normalized spacial score (nSPS) is 11.4. The Morgan fingerprint density at radius 1 is 1.35 bits per heavy atom. The molecule has 0 spiro atoms. The smallest absolute Gasteiger partial charge is 0.0537 e. The first-order valence-corrected chi connectivity index (χ1v) is 6.93. The van der Waals surface area contributed by atoms with Gasteiger partial charge in [0.15, 0.2) is 0 Å². The number of hydrogen-bond donors (Lipinski definition) is 1. The van der Waals surface area contributed by atoms with Crippen LogP contribution in [0.25, 0.3) is 0 Å². The summed E-state index contributed by atoms with van der Waals surface area (Å²) in [6.45, 7) is 11.9. The van der Waals surface area contributed by atoms with E-state index in [4.69, 9.17) is 0 Å². The van der Waals surface area contributed by atoms with Gasteiger partial charge in [-0.1, -0.05) is 34.1 Å². The standard InChI is InChI=1S/C14H27N3/c1-5-7-14-13(10-15-6-2)11-16-17(14)9-8-12(3)4/h11-12,15H,5-10H2,1-4H3. The summed E-state index contributed by atoms with van der Waals surface area (Å²) >= 11 is 0. The van der Waals surface area contributed by atoms with Crippen LogP contribution in [0.4, 0.5) is 0 Å². The number of aromatic nitrogens is 2. The van der Waals surface area contributed by atoms with Gasteiger partial charge in [0.05, 0.1) is 6.20 Å². The summed E-state index contributed by atoms with van der Waals surface area (Å²) in [5, 5.41) is 7.92. The predicted molar refractivity (Wildman–Crippen MR) is 73.1 cm³/mol. The van der Waals surface area contributed by atoms with Gasteiger partial charge in [-0.25, -0.2) is 0 Å². The molecule has 0 aromatic carbocycles. The summed E-state index contributed by atoms with van der Waals surface area (Å²) in [5.74, 6) is 0.742. The van der Waals surface area contributed by atoms with Gasteiger partial charge in [0.25, 0.3) is 0 Å². The third-order valence-corrected chi connectivity index (χ3v) is 3.01. The summed E-state index contributed by atoms with van der Waals surface area (Å²) in [5.41, 5.74) is 2.80. The molecule has 1 N–H and O–H groups in total. The monoisotopic (exact) mass is 237 g/mol. The van der Waals surface area contributed by atoms with E-state index < -0.39 is 0 Å². The molecule has 0 aliphatic carbocycles. The van der Waals surface area contributed by atoms with E-state index in [1.165, 1.54) is 24.1 Å². The molecule has 98 valence electrons. The van der Waals surface area contributed by atoms with Crippen LogP contribution < -0.4 is 5.32 Å². The Hall–Kier alpha value is -0.830. The molecule has 0 atom stereocenters. The molecule has 0 radical (unpaired) electrons. The number of hydrogen-bond acceptors (Lipinski definition) is 2. The Labute approximate surface area is 106 Å². The van der Waals surface area contributed by atoms with Crippen molar-refractivity contribution in [1.29, 1.82) is 0 Å². The van der Waals surface area contributed by atoms with Crippen molar-refractivity contribution in [2.24, 2.45) is 5.92 Å². The molecule has 0 saturated carbocycles. The zero-order chi connectivity index (χ0) is 12.7. The Morgan fingerprint density at radius 3 is 2.71 bits per heavy atom. The second-order valence-electron chi connectivity index (χ2n) is 5.05. The molecule has 0 saturated heterocycles. The molecule has 1 rings (SSSR count). The van der Waals surface area contributed by atoms with E-state index in [-0.39, 0.29) is 0 Å². The molecule has 3 heteroatoms. The van der Waals surface area contributed by atoms with Gasteiger partial charge in [-0.2, -0.15) is 5.10 Å². The molecule has 0 amide bonds. The van der Waals surface area contributed by atoms with Gasteiger partial charge in [0.1, 0.15) is 0 Å². The molecule has 0 fully saturated rings. The lowest BCUT2D eigenvalue weighted by molar-refractivity contribution is 0.473. The van der Waals surface area contributed by atoms with Gasteiger partial charge in [-0.05, 0) is 25.3 Å². The first-order valence-electron chi connectivity index (χ1n) is 6.93. The maximum Gasteiger partial charge on any atom is 0.0537 e. The Bertz CT molecular complexity index is 315. The van der Waals surface area contributed by atoms with Crippen LogP contribution in [0.5, 0.6) is 0 Å². The highest BCUT2D eigenvalue weighted by atomic mass is 15.3. The Balaban J connectivity index is 2.70. The second-order valence-corrected chi connectivity index (χ2v) is 5.05. The molecule has 0 bridgehead atoms. The van der Waals surface area contributed by atoms with Crippen molar-refractivity contribution < 1.29 is 0 Å². The highest BCUT2D eigenvalue weighted by Gasteiger charge is 2.09. The average molecular weight is 237 g/mol. The lowest BCUT2D eigenvalue weighted by Gasteiger charge is -2.10. The molecule has 17 heavy (non-hydrogen) atoms. The van der Waals surface area contributed by atoms with Crippen molar-refractivity contribution in [3.8, 4) is 0 Å². The first kappa shape index (κ1) is 14.2. The SMILES string of the molecule is CCCc1c(CNCC)cnn1CCC(C)C. The van der Waals surface area contributed by atoms with E-state index in [1.807, 2.05) is 6.20 Å². The van der Waals surface area contributed by atoms with Crippen LogP contribution in [0.1, 0.15) is 51.8 Å². The van der Waals surface area contributed by atoms with Crippen LogP contribution in [-0.2, 0) is 19.5 Å². The first-order chi connectivity index (χ1) is 8.19. The fourth-order valence-corrected chi connectivity index (χ4v) is 1.96. The van der Waals surface area contributed by atoms with Crippen molar-refractivity contribution in [3.05, 3.63) is 17.5 Å². The minimum atomic E-state index is 0.742. The third-order valence-electron chi connectivity index (χ3n) is 3.01. The highest BCUT2D eigenvalue weighted by Crippen LogP contribution is 2.13. The van der Waals surface area contributed by atoms with Crippen LogP contribution >= 0.6 is 0 Å². The number of aryl methyl sites for hydroxylation is 1. The summed E-state index contributed by atoms with van der Waals surface area (Å²) in [6, 6.07) is 0. The third kappa shape index (κ3) is 4.50. The Morgan fingerprint density at radius 2 is 2.12 bits per heavy atom. The van der Waals surface area contributed by atoms with E-state index in [0.29, 0.717) is 0 Å².